The van der Waals surface area contributed by atoms with Gasteiger partial charge in [-0.25, -0.2) is 9.07 Å². The zero-order chi connectivity index (χ0) is 30.4. The van der Waals surface area contributed by atoms with Gasteiger partial charge in [0, 0.05) is 25.7 Å². The number of benzene rings is 1. The van der Waals surface area contributed by atoms with Gasteiger partial charge in [-0.3, -0.25) is 19.3 Å². The molecule has 1 fully saturated rings. The maximum Gasteiger partial charge on any atom is 0.573 e. The van der Waals surface area contributed by atoms with Crippen LogP contribution in [-0.2, 0) is 26.2 Å². The van der Waals surface area contributed by atoms with E-state index in [-0.39, 0.29) is 44.0 Å². The molecule has 0 aliphatic heterocycles. The lowest BCUT2D eigenvalue weighted by Crippen LogP contribution is -2.23. The molecule has 2 amide bonds. The highest BCUT2D eigenvalue weighted by molar-refractivity contribution is 5.92. The van der Waals surface area contributed by atoms with Crippen LogP contribution in [0.15, 0.2) is 55.0 Å². The maximum absolute atomic E-state index is 14.6. The van der Waals surface area contributed by atoms with Crippen molar-refractivity contribution in [2.45, 2.75) is 63.9 Å². The van der Waals surface area contributed by atoms with Crippen molar-refractivity contribution in [3.8, 4) is 5.75 Å². The normalized spacial score (nSPS) is 13.9. The molecule has 1 aliphatic rings. The minimum absolute atomic E-state index is 0.0278. The third-order valence-electron chi connectivity index (χ3n) is 6.50. The van der Waals surface area contributed by atoms with Crippen molar-refractivity contribution in [1.82, 2.24) is 45.6 Å². The molecule has 16 heteroatoms. The quantitative estimate of drug-likeness (QED) is 0.222. The Kier molecular flexibility index (Phi) is 8.92. The fourth-order valence-electron chi connectivity index (χ4n) is 4.22. The second-order valence-corrected chi connectivity index (χ2v) is 9.99. The van der Waals surface area contributed by atoms with Crippen LogP contribution in [0.1, 0.15) is 63.0 Å². The molecule has 0 radical (unpaired) electrons. The molecule has 5 rings (SSSR count). The molecule has 0 bridgehead atoms. The molecule has 0 spiro atoms. The monoisotopic (exact) mass is 601 g/mol. The van der Waals surface area contributed by atoms with Crippen molar-refractivity contribution >= 4 is 11.8 Å². The second-order valence-electron chi connectivity index (χ2n) is 9.99. The van der Waals surface area contributed by atoms with Gasteiger partial charge in [-0.15, -0.1) is 23.4 Å². The van der Waals surface area contributed by atoms with Crippen LogP contribution >= 0.6 is 0 Å². The van der Waals surface area contributed by atoms with Gasteiger partial charge in [-0.05, 0) is 54.2 Å². The van der Waals surface area contributed by atoms with Crippen LogP contribution < -0.4 is 15.4 Å². The number of nitrogens with one attached hydrogen (secondary N) is 2. The van der Waals surface area contributed by atoms with Gasteiger partial charge in [0.05, 0.1) is 31.2 Å². The molecule has 1 aliphatic carbocycles. The Labute approximate surface area is 242 Å². The lowest BCUT2D eigenvalue weighted by molar-refractivity contribution is -0.274. The van der Waals surface area contributed by atoms with Gasteiger partial charge in [0.15, 0.2) is 11.4 Å². The fourth-order valence-corrected chi connectivity index (χ4v) is 4.22. The van der Waals surface area contributed by atoms with E-state index >= 15 is 0 Å². The van der Waals surface area contributed by atoms with E-state index < -0.39 is 30.1 Å². The first-order valence-electron chi connectivity index (χ1n) is 13.4. The molecule has 1 saturated carbocycles. The summed E-state index contributed by atoms with van der Waals surface area (Å²) in [5, 5.41) is 20.5. The summed E-state index contributed by atoms with van der Waals surface area (Å²) in [5.74, 6) is -0.884. The summed E-state index contributed by atoms with van der Waals surface area (Å²) in [6, 6.07) is 9.15. The van der Waals surface area contributed by atoms with E-state index in [1.807, 2.05) is 12.1 Å². The van der Waals surface area contributed by atoms with Crippen LogP contribution in [0.3, 0.4) is 0 Å². The summed E-state index contributed by atoms with van der Waals surface area (Å²) >= 11 is 0. The zero-order valence-corrected chi connectivity index (χ0v) is 22.7. The van der Waals surface area contributed by atoms with Crippen molar-refractivity contribution < 1.29 is 31.9 Å². The average Bonchev–Trinajstić information content (AvgIpc) is 3.53. The Morgan fingerprint density at radius 2 is 1.67 bits per heavy atom. The minimum atomic E-state index is -4.83. The highest BCUT2D eigenvalue weighted by Crippen LogP contribution is 2.39. The van der Waals surface area contributed by atoms with Crippen molar-refractivity contribution in [3.05, 3.63) is 83.2 Å². The molecule has 4 aromatic rings. The van der Waals surface area contributed by atoms with Gasteiger partial charge in [-0.1, -0.05) is 22.6 Å². The second kappa shape index (κ2) is 13.0. The number of nitrogens with zero attached hydrogens (tertiary/aromatic N) is 7. The molecule has 1 atom stereocenters. The van der Waals surface area contributed by atoms with E-state index in [9.17, 15) is 27.2 Å². The van der Waals surface area contributed by atoms with Crippen molar-refractivity contribution in [1.29, 1.82) is 0 Å². The van der Waals surface area contributed by atoms with Crippen molar-refractivity contribution in [2.75, 3.05) is 0 Å². The van der Waals surface area contributed by atoms with Crippen LogP contribution in [0, 0.1) is 0 Å². The summed E-state index contributed by atoms with van der Waals surface area (Å²) in [6.07, 6.45) is 0.590. The Hall–Kier alpha value is -4.89. The van der Waals surface area contributed by atoms with E-state index in [1.54, 1.807) is 6.20 Å². The molecule has 226 valence electrons. The number of hydrogen-bond donors (Lipinski definition) is 2. The third-order valence-corrected chi connectivity index (χ3v) is 6.50. The predicted octanol–water partition coefficient (Wildman–Crippen LogP) is 3.33. The molecule has 1 unspecified atom stereocenters. The number of carbonyl (C=O) groups excluding carboxylic acids is 2. The van der Waals surface area contributed by atoms with Gasteiger partial charge in [0.2, 0.25) is 0 Å². The summed E-state index contributed by atoms with van der Waals surface area (Å²) in [6.45, 7) is 0.118. The summed E-state index contributed by atoms with van der Waals surface area (Å²) in [7, 11) is 0. The number of halogens is 4. The topological polar surface area (TPSA) is 142 Å². The highest BCUT2D eigenvalue weighted by Gasteiger charge is 2.31. The minimum Gasteiger partial charge on any atom is -0.406 e. The number of pyridine rings is 1. The Morgan fingerprint density at radius 3 is 2.40 bits per heavy atom. The number of amides is 2. The van der Waals surface area contributed by atoms with E-state index in [1.165, 1.54) is 52.3 Å². The lowest BCUT2D eigenvalue weighted by atomic mass is 10.1. The first-order chi connectivity index (χ1) is 20.6. The number of aromatic nitrogens is 7. The van der Waals surface area contributed by atoms with Crippen LogP contribution in [0.25, 0.3) is 0 Å². The number of carbonyl (C=O) groups is 2. The van der Waals surface area contributed by atoms with Crippen molar-refractivity contribution in [3.63, 3.8) is 0 Å². The van der Waals surface area contributed by atoms with E-state index in [4.69, 9.17) is 0 Å². The number of rotatable bonds is 13. The van der Waals surface area contributed by atoms with Crippen LogP contribution in [0.4, 0.5) is 17.6 Å². The molecule has 3 heterocycles. The van der Waals surface area contributed by atoms with Gasteiger partial charge in [0.1, 0.15) is 11.9 Å². The first-order valence-corrected chi connectivity index (χ1v) is 13.4. The highest BCUT2D eigenvalue weighted by atomic mass is 19.4. The predicted molar refractivity (Wildman–Crippen MR) is 141 cm³/mol. The summed E-state index contributed by atoms with van der Waals surface area (Å²) in [5.41, 5.74) is 2.36. The van der Waals surface area contributed by atoms with E-state index in [0.29, 0.717) is 11.5 Å². The van der Waals surface area contributed by atoms with Gasteiger partial charge in [0.25, 0.3) is 11.8 Å². The first kappa shape index (κ1) is 29.6. The van der Waals surface area contributed by atoms with Gasteiger partial charge in [-0.2, -0.15) is 0 Å². The largest absolute Gasteiger partial charge is 0.573 e. The number of alkyl halides is 4. The average molecular weight is 602 g/mol. The van der Waals surface area contributed by atoms with Crippen LogP contribution in [-0.4, -0.2) is 59.3 Å². The van der Waals surface area contributed by atoms with Crippen LogP contribution in [0.5, 0.6) is 5.75 Å². The smallest absolute Gasteiger partial charge is 0.406 e. The lowest BCUT2D eigenvalue weighted by Gasteiger charge is -2.10. The van der Waals surface area contributed by atoms with E-state index in [0.717, 1.165) is 17.8 Å². The molecule has 43 heavy (non-hydrogen) atoms. The summed E-state index contributed by atoms with van der Waals surface area (Å²) < 4.78 is 58.3. The number of aryl methyl sites for hydroxylation is 1. The van der Waals surface area contributed by atoms with Gasteiger partial charge >= 0.3 is 6.36 Å². The Balaban J connectivity index is 1.04. The maximum atomic E-state index is 14.6. The Bertz CT molecular complexity index is 1570. The molecule has 3 aromatic heterocycles. The summed E-state index contributed by atoms with van der Waals surface area (Å²) in [4.78, 5) is 29.1. The standard InChI is InChI=1S/C27H27F4N9O3/c28-20(7-9-39-15-23(35-37-39)26(42)34-13-21-11-19(6-8-32-21)18-4-5-18)14-40-16-24(36-38-40)25(41)33-12-17-2-1-3-22(10-17)43-27(29,30)31/h1-3,6,8,10-11,15-16,18,20H,4-5,7,9,12-14H2,(H,33,41)(H,34,42). The molecular weight excluding hydrogens is 574 g/mol. The number of hydrogen-bond acceptors (Lipinski definition) is 8. The fraction of sp³-hybridized carbons (Fsp3) is 0.370. The van der Waals surface area contributed by atoms with Gasteiger partial charge < -0.3 is 15.4 Å². The number of ether oxygens (including phenoxy) is 1. The Morgan fingerprint density at radius 1 is 0.977 bits per heavy atom. The molecular formula is C27H27F4N9O3. The molecule has 12 nitrogen and oxygen atoms in total. The third kappa shape index (κ3) is 8.80. The molecule has 1 aromatic carbocycles. The SMILES string of the molecule is O=C(NCc1cc(C2CC2)ccn1)c1cn(CCC(F)Cn2cc(C(=O)NCc3cccc(OC(F)(F)F)c3)nn2)nn1. The van der Waals surface area contributed by atoms with Crippen LogP contribution in [0.2, 0.25) is 0 Å². The van der Waals surface area contributed by atoms with Crippen molar-refractivity contribution in [2.24, 2.45) is 0 Å². The molecule has 2 N–H and O–H groups in total. The van der Waals surface area contributed by atoms with E-state index in [2.05, 4.69) is 41.0 Å². The zero-order valence-electron chi connectivity index (χ0n) is 22.7. The molecule has 0 saturated heterocycles.